The first-order chi connectivity index (χ1) is 11.6. The monoisotopic (exact) mass is 340 g/mol. The Bertz CT molecular complexity index is 911. The molecule has 1 amide bonds. The molecular formula is C19H20N2O2S. The van der Waals surface area contributed by atoms with E-state index in [0.717, 1.165) is 15.6 Å². The molecule has 0 aliphatic rings. The van der Waals surface area contributed by atoms with Crippen LogP contribution in [0.2, 0.25) is 0 Å². The summed E-state index contributed by atoms with van der Waals surface area (Å²) in [5.74, 6) is 0.0208. The minimum absolute atomic E-state index is 0.0208. The number of carbonyl (C=O) groups excluding carboxylic acids is 1. The minimum Gasteiger partial charge on any atom is -0.352 e. The molecule has 0 fully saturated rings. The molecule has 1 N–H and O–H groups in total. The van der Waals surface area contributed by atoms with Gasteiger partial charge in [-0.2, -0.15) is 0 Å². The second kappa shape index (κ2) is 7.45. The molecule has 0 saturated heterocycles. The van der Waals surface area contributed by atoms with E-state index in [1.807, 2.05) is 55.5 Å². The van der Waals surface area contributed by atoms with E-state index in [2.05, 4.69) is 5.32 Å². The van der Waals surface area contributed by atoms with Crippen molar-refractivity contribution in [1.82, 2.24) is 9.27 Å². The van der Waals surface area contributed by atoms with Gasteiger partial charge in [-0.1, -0.05) is 47.9 Å². The van der Waals surface area contributed by atoms with Crippen LogP contribution >= 0.6 is 11.5 Å². The van der Waals surface area contributed by atoms with Gasteiger partial charge in [0.2, 0.25) is 5.91 Å². The topological polar surface area (TPSA) is 51.1 Å². The van der Waals surface area contributed by atoms with Crippen molar-refractivity contribution in [3.63, 3.8) is 0 Å². The molecule has 2 aromatic carbocycles. The predicted octanol–water partition coefficient (Wildman–Crippen LogP) is 3.47. The molecule has 5 heteroatoms. The highest BCUT2D eigenvalue weighted by Crippen LogP contribution is 2.16. The highest BCUT2D eigenvalue weighted by molar-refractivity contribution is 7.13. The summed E-state index contributed by atoms with van der Waals surface area (Å²) in [4.78, 5) is 24.2. The van der Waals surface area contributed by atoms with E-state index < -0.39 is 0 Å². The van der Waals surface area contributed by atoms with Crippen molar-refractivity contribution in [3.8, 4) is 0 Å². The zero-order chi connectivity index (χ0) is 16.9. The van der Waals surface area contributed by atoms with Gasteiger partial charge in [0.1, 0.15) is 0 Å². The van der Waals surface area contributed by atoms with Gasteiger partial charge in [-0.05, 0) is 36.6 Å². The zero-order valence-electron chi connectivity index (χ0n) is 13.6. The van der Waals surface area contributed by atoms with E-state index in [1.165, 1.54) is 17.1 Å². The van der Waals surface area contributed by atoms with Crippen LogP contribution in [-0.2, 0) is 17.9 Å². The van der Waals surface area contributed by atoms with Gasteiger partial charge in [0.05, 0.1) is 10.1 Å². The van der Waals surface area contributed by atoms with Gasteiger partial charge < -0.3 is 5.32 Å². The molecule has 1 aromatic heterocycles. The van der Waals surface area contributed by atoms with Crippen LogP contribution in [-0.4, -0.2) is 9.86 Å². The van der Waals surface area contributed by atoms with Crippen molar-refractivity contribution in [2.24, 2.45) is 0 Å². The van der Waals surface area contributed by atoms with Crippen molar-refractivity contribution in [3.05, 3.63) is 70.0 Å². The summed E-state index contributed by atoms with van der Waals surface area (Å²) < 4.78 is 2.73. The summed E-state index contributed by atoms with van der Waals surface area (Å²) in [6.45, 7) is 3.17. The molecule has 0 spiro atoms. The maximum absolute atomic E-state index is 12.2. The predicted molar refractivity (Wildman–Crippen MR) is 98.3 cm³/mol. The number of hydrogen-bond acceptors (Lipinski definition) is 3. The Kier molecular flexibility index (Phi) is 5.11. The third-order valence-electron chi connectivity index (χ3n) is 4.05. The molecule has 4 nitrogen and oxygen atoms in total. The number of hydrogen-bond donors (Lipinski definition) is 1. The maximum atomic E-state index is 12.2. The number of fused-ring (bicyclic) bond motifs is 1. The lowest BCUT2D eigenvalue weighted by Gasteiger charge is -2.07. The molecule has 1 heterocycles. The molecule has 0 unspecified atom stereocenters. The summed E-state index contributed by atoms with van der Waals surface area (Å²) in [5.41, 5.74) is 2.34. The SMILES string of the molecule is Cc1ccccc1CNC(=O)CCCn1sc2ccccc2c1=O. The number of aryl methyl sites for hydroxylation is 2. The molecule has 0 aliphatic carbocycles. The van der Waals surface area contributed by atoms with Crippen LogP contribution in [0.3, 0.4) is 0 Å². The third kappa shape index (κ3) is 3.74. The summed E-state index contributed by atoms with van der Waals surface area (Å²) in [6, 6.07) is 15.6. The second-order valence-electron chi connectivity index (χ2n) is 5.80. The Morgan fingerprint density at radius 1 is 1.12 bits per heavy atom. The van der Waals surface area contributed by atoms with Crippen LogP contribution < -0.4 is 10.9 Å². The number of nitrogens with one attached hydrogen (secondary N) is 1. The number of nitrogens with zero attached hydrogens (tertiary/aromatic N) is 1. The quantitative estimate of drug-likeness (QED) is 0.747. The molecular weight excluding hydrogens is 320 g/mol. The molecule has 0 radical (unpaired) electrons. The van der Waals surface area contributed by atoms with Gasteiger partial charge >= 0.3 is 0 Å². The van der Waals surface area contributed by atoms with Crippen LogP contribution in [0.15, 0.2) is 53.3 Å². The molecule has 0 bridgehead atoms. The van der Waals surface area contributed by atoms with Crippen molar-refractivity contribution in [1.29, 1.82) is 0 Å². The molecule has 124 valence electrons. The highest BCUT2D eigenvalue weighted by atomic mass is 32.1. The van der Waals surface area contributed by atoms with E-state index in [-0.39, 0.29) is 11.5 Å². The Balaban J connectivity index is 1.50. The van der Waals surface area contributed by atoms with Gasteiger partial charge in [0, 0.05) is 19.5 Å². The molecule has 24 heavy (non-hydrogen) atoms. The normalized spacial score (nSPS) is 10.9. The summed E-state index contributed by atoms with van der Waals surface area (Å²) in [5, 5.41) is 3.70. The lowest BCUT2D eigenvalue weighted by Crippen LogP contribution is -2.23. The first-order valence-corrected chi connectivity index (χ1v) is 8.82. The van der Waals surface area contributed by atoms with Crippen molar-refractivity contribution >= 4 is 27.5 Å². The second-order valence-corrected chi connectivity index (χ2v) is 6.86. The van der Waals surface area contributed by atoms with Crippen LogP contribution in [0, 0.1) is 6.92 Å². The van der Waals surface area contributed by atoms with E-state index in [9.17, 15) is 9.59 Å². The lowest BCUT2D eigenvalue weighted by molar-refractivity contribution is -0.121. The number of benzene rings is 2. The van der Waals surface area contributed by atoms with E-state index in [1.54, 1.807) is 3.96 Å². The number of aromatic nitrogens is 1. The molecule has 0 atom stereocenters. The fourth-order valence-electron chi connectivity index (χ4n) is 2.64. The Morgan fingerprint density at radius 3 is 2.67 bits per heavy atom. The van der Waals surface area contributed by atoms with Gasteiger partial charge in [-0.15, -0.1) is 0 Å². The van der Waals surface area contributed by atoms with Crippen LogP contribution in [0.1, 0.15) is 24.0 Å². The Hall–Kier alpha value is -2.40. The smallest absolute Gasteiger partial charge is 0.268 e. The highest BCUT2D eigenvalue weighted by Gasteiger charge is 2.08. The fraction of sp³-hybridized carbons (Fsp3) is 0.263. The van der Waals surface area contributed by atoms with Crippen molar-refractivity contribution in [2.75, 3.05) is 0 Å². The number of amides is 1. The summed E-state index contributed by atoms with van der Waals surface area (Å²) >= 11 is 1.46. The molecule has 0 saturated carbocycles. The molecule has 3 aromatic rings. The van der Waals surface area contributed by atoms with Gasteiger partial charge in [0.15, 0.2) is 0 Å². The van der Waals surface area contributed by atoms with E-state index in [4.69, 9.17) is 0 Å². The van der Waals surface area contributed by atoms with E-state index in [0.29, 0.717) is 25.9 Å². The van der Waals surface area contributed by atoms with Crippen molar-refractivity contribution < 1.29 is 4.79 Å². The minimum atomic E-state index is 0.0208. The average Bonchev–Trinajstić information content (AvgIpc) is 2.91. The van der Waals surface area contributed by atoms with Gasteiger partial charge in [0.25, 0.3) is 5.56 Å². The molecule has 3 rings (SSSR count). The van der Waals surface area contributed by atoms with E-state index >= 15 is 0 Å². The average molecular weight is 340 g/mol. The third-order valence-corrected chi connectivity index (χ3v) is 5.18. The van der Waals surface area contributed by atoms with Crippen LogP contribution in [0.5, 0.6) is 0 Å². The maximum Gasteiger partial charge on any atom is 0.268 e. The number of rotatable bonds is 6. The Labute approximate surface area is 144 Å². The molecule has 0 aliphatic heterocycles. The standard InChI is InChI=1S/C19H20N2O2S/c1-14-7-2-3-8-15(14)13-20-18(22)11-6-12-21-19(23)16-9-4-5-10-17(16)24-21/h2-5,7-10H,6,11-13H2,1H3,(H,20,22). The lowest BCUT2D eigenvalue weighted by atomic mass is 10.1. The zero-order valence-corrected chi connectivity index (χ0v) is 14.4. The summed E-state index contributed by atoms with van der Waals surface area (Å²) in [6.07, 6.45) is 1.08. The number of carbonyl (C=O) groups is 1. The van der Waals surface area contributed by atoms with Gasteiger partial charge in [-0.3, -0.25) is 13.5 Å². The van der Waals surface area contributed by atoms with Gasteiger partial charge in [-0.25, -0.2) is 0 Å². The fourth-order valence-corrected chi connectivity index (χ4v) is 3.67. The summed E-state index contributed by atoms with van der Waals surface area (Å²) in [7, 11) is 0. The first kappa shape index (κ1) is 16.5. The largest absolute Gasteiger partial charge is 0.352 e. The van der Waals surface area contributed by atoms with Crippen molar-refractivity contribution in [2.45, 2.75) is 32.9 Å². The first-order valence-electron chi connectivity index (χ1n) is 8.05. The van der Waals surface area contributed by atoms with Crippen LogP contribution in [0.25, 0.3) is 10.1 Å². The Morgan fingerprint density at radius 2 is 1.88 bits per heavy atom. The van der Waals surface area contributed by atoms with Crippen LogP contribution in [0.4, 0.5) is 0 Å².